The van der Waals surface area contributed by atoms with Crippen LogP contribution in [0, 0.1) is 0 Å². The highest BCUT2D eigenvalue weighted by Gasteiger charge is 2.23. The Hall–Kier alpha value is -7.83. The zero-order valence-electron chi connectivity index (χ0n) is 36.1. The molecule has 0 amide bonds. The highest BCUT2D eigenvalue weighted by molar-refractivity contribution is 6.12. The van der Waals surface area contributed by atoms with Crippen LogP contribution >= 0.6 is 0 Å². The van der Waals surface area contributed by atoms with Crippen molar-refractivity contribution in [2.45, 2.75) is 0 Å². The molecule has 4 heterocycles. The summed E-state index contributed by atoms with van der Waals surface area (Å²) < 4.78 is 64.3. The van der Waals surface area contributed by atoms with Gasteiger partial charge in [-0.1, -0.05) is 145 Å². The van der Waals surface area contributed by atoms with Crippen LogP contribution in [0.5, 0.6) is 0 Å². The lowest BCUT2D eigenvalue weighted by molar-refractivity contribution is 0.670. The normalized spacial score (nSPS) is 13.3. The molecule has 6 heteroatoms. The molecule has 0 radical (unpaired) electrons. The largest absolute Gasteiger partial charge is 0.455 e. The minimum absolute atomic E-state index is 0.0683. The third-order valence-electron chi connectivity index (χ3n) is 10.8. The SMILES string of the molecule is [2H]c1cc([2H])c2c(c1[2H])c1c([2H])c([2H])cc([2H])c1n2-c1ccc(-c2cccc3c2oc2ccccc23)cc1-c1nc(-c2ccccc2)nc(-n2c3ccccc3c3ccccc32)n1. The Morgan fingerprint density at radius 1 is 0.421 bits per heavy atom. The molecule has 0 unspecified atom stereocenters. The average molecular weight is 736 g/mol. The fourth-order valence-corrected chi connectivity index (χ4v) is 8.25. The third-order valence-corrected chi connectivity index (χ3v) is 10.8. The zero-order valence-corrected chi connectivity index (χ0v) is 30.1. The standard InChI is InChI=1S/C51H31N5O/c1-2-15-32(16-3-1)49-52-50(54-51(53-49)56-44-26-11-6-19-37(44)38-20-7-12-27-45(38)56)41-31-33(34-22-14-23-40-39-21-8-13-28-47(39)57-48(34)40)29-30-46(41)55-42-24-9-4-17-35(42)36-18-5-10-25-43(36)55/h1-31H/i4D,5D,17D,18D,24D,25D. The van der Waals surface area contributed by atoms with Gasteiger partial charge in [-0.2, -0.15) is 9.97 Å². The summed E-state index contributed by atoms with van der Waals surface area (Å²) >= 11 is 0. The van der Waals surface area contributed by atoms with Crippen molar-refractivity contribution in [2.75, 3.05) is 0 Å². The van der Waals surface area contributed by atoms with Crippen molar-refractivity contribution >= 4 is 65.6 Å². The molecule has 57 heavy (non-hydrogen) atoms. The van der Waals surface area contributed by atoms with Gasteiger partial charge in [-0.05, 0) is 48.0 Å². The fraction of sp³-hybridized carbons (Fsp3) is 0. The van der Waals surface area contributed by atoms with E-state index in [9.17, 15) is 2.74 Å². The van der Waals surface area contributed by atoms with Gasteiger partial charge < -0.3 is 8.98 Å². The van der Waals surface area contributed by atoms with E-state index in [1.807, 2.05) is 132 Å². The Morgan fingerprint density at radius 2 is 1.05 bits per heavy atom. The maximum absolute atomic E-state index is 9.29. The molecule has 0 saturated carbocycles. The van der Waals surface area contributed by atoms with Crippen LogP contribution in [-0.4, -0.2) is 24.1 Å². The predicted octanol–water partition coefficient (Wildman–Crippen LogP) is 13.0. The van der Waals surface area contributed by atoms with Gasteiger partial charge in [-0.15, -0.1) is 0 Å². The van der Waals surface area contributed by atoms with Crippen LogP contribution in [0.25, 0.3) is 111 Å². The molecular formula is C51H31N5O. The predicted molar refractivity (Wildman–Crippen MR) is 232 cm³/mol. The van der Waals surface area contributed by atoms with Crippen molar-refractivity contribution in [1.29, 1.82) is 0 Å². The zero-order chi connectivity index (χ0) is 42.7. The first-order valence-corrected chi connectivity index (χ1v) is 18.6. The van der Waals surface area contributed by atoms with Gasteiger partial charge in [-0.3, -0.25) is 4.57 Å². The van der Waals surface area contributed by atoms with Crippen LogP contribution in [0.15, 0.2) is 192 Å². The molecule has 4 aromatic heterocycles. The van der Waals surface area contributed by atoms with E-state index in [4.69, 9.17) is 24.9 Å². The summed E-state index contributed by atoms with van der Waals surface area (Å²) in [6.45, 7) is 0. The van der Waals surface area contributed by atoms with E-state index >= 15 is 0 Å². The first-order chi connectivity index (χ1) is 30.7. The molecular weight excluding hydrogens is 699 g/mol. The number of hydrogen-bond acceptors (Lipinski definition) is 4. The summed E-state index contributed by atoms with van der Waals surface area (Å²) in [6, 6.07) is 47.4. The minimum atomic E-state index is -0.196. The molecule has 0 atom stereocenters. The van der Waals surface area contributed by atoms with Gasteiger partial charge in [0.15, 0.2) is 11.6 Å². The number of aromatic nitrogens is 5. The number of nitrogens with zero attached hydrogens (tertiary/aromatic N) is 5. The summed E-state index contributed by atoms with van der Waals surface area (Å²) in [5.41, 5.74) is 7.05. The van der Waals surface area contributed by atoms with Gasteiger partial charge in [0.1, 0.15) is 11.2 Å². The van der Waals surface area contributed by atoms with Crippen molar-refractivity contribution in [3.8, 4) is 45.5 Å². The quantitative estimate of drug-likeness (QED) is 0.177. The van der Waals surface area contributed by atoms with Gasteiger partial charge in [0.2, 0.25) is 5.95 Å². The summed E-state index contributed by atoms with van der Waals surface area (Å²) in [6.07, 6.45) is 0. The maximum Gasteiger partial charge on any atom is 0.238 e. The van der Waals surface area contributed by atoms with E-state index in [2.05, 4.69) is 12.1 Å². The Kier molecular flexibility index (Phi) is 5.64. The van der Waals surface area contributed by atoms with E-state index < -0.39 is 0 Å². The summed E-state index contributed by atoms with van der Waals surface area (Å²) in [4.78, 5) is 15.7. The Labute approximate surface area is 335 Å². The van der Waals surface area contributed by atoms with Gasteiger partial charge >= 0.3 is 0 Å². The second-order valence-electron chi connectivity index (χ2n) is 13.9. The van der Waals surface area contributed by atoms with Crippen molar-refractivity contribution in [1.82, 2.24) is 24.1 Å². The van der Waals surface area contributed by atoms with E-state index in [-0.39, 0.29) is 63.9 Å². The van der Waals surface area contributed by atoms with Gasteiger partial charge in [0, 0.05) is 49.0 Å². The molecule has 0 aliphatic carbocycles. The molecule has 0 fully saturated rings. The number of para-hydroxylation sites is 6. The smallest absolute Gasteiger partial charge is 0.238 e. The lowest BCUT2D eigenvalue weighted by Crippen LogP contribution is -2.08. The highest BCUT2D eigenvalue weighted by Crippen LogP contribution is 2.41. The number of furan rings is 1. The number of benzene rings is 8. The third kappa shape index (κ3) is 4.81. The van der Waals surface area contributed by atoms with Crippen molar-refractivity contribution in [3.05, 3.63) is 188 Å². The lowest BCUT2D eigenvalue weighted by atomic mass is 9.99. The monoisotopic (exact) mass is 735 g/mol. The number of hydrogen-bond donors (Lipinski definition) is 0. The molecule has 12 rings (SSSR count). The minimum Gasteiger partial charge on any atom is -0.455 e. The number of rotatable bonds is 5. The van der Waals surface area contributed by atoms with Crippen LogP contribution in [0.2, 0.25) is 0 Å². The molecule has 8 aromatic carbocycles. The summed E-state index contributed by atoms with van der Waals surface area (Å²) in [5, 5.41) is 4.33. The molecule has 0 bridgehead atoms. The summed E-state index contributed by atoms with van der Waals surface area (Å²) in [7, 11) is 0. The van der Waals surface area contributed by atoms with Crippen molar-refractivity contribution < 1.29 is 12.6 Å². The molecule has 0 aliphatic heterocycles. The molecule has 12 aromatic rings. The van der Waals surface area contributed by atoms with E-state index in [0.29, 0.717) is 28.6 Å². The average Bonchev–Trinajstić information content (AvgIpc) is 3.99. The van der Waals surface area contributed by atoms with Crippen molar-refractivity contribution in [2.24, 2.45) is 0 Å². The first-order valence-electron chi connectivity index (χ1n) is 21.6. The Morgan fingerprint density at radius 3 is 1.79 bits per heavy atom. The van der Waals surface area contributed by atoms with Crippen LogP contribution in [-0.2, 0) is 0 Å². The molecule has 0 spiro atoms. The van der Waals surface area contributed by atoms with E-state index in [1.54, 1.807) is 4.57 Å². The van der Waals surface area contributed by atoms with Gasteiger partial charge in [0.25, 0.3) is 0 Å². The van der Waals surface area contributed by atoms with Crippen LogP contribution in [0.4, 0.5) is 0 Å². The highest BCUT2D eigenvalue weighted by atomic mass is 16.3. The van der Waals surface area contributed by atoms with E-state index in [0.717, 1.165) is 54.9 Å². The van der Waals surface area contributed by atoms with Crippen molar-refractivity contribution in [3.63, 3.8) is 0 Å². The molecule has 0 aliphatic rings. The molecule has 0 saturated heterocycles. The lowest BCUT2D eigenvalue weighted by Gasteiger charge is -2.17. The fourth-order valence-electron chi connectivity index (χ4n) is 8.25. The van der Waals surface area contributed by atoms with E-state index in [1.165, 1.54) is 12.1 Å². The maximum atomic E-state index is 9.29. The molecule has 6 nitrogen and oxygen atoms in total. The Bertz CT molecular complexity index is 3770. The topological polar surface area (TPSA) is 61.7 Å². The Balaban J connectivity index is 1.24. The van der Waals surface area contributed by atoms with Crippen LogP contribution in [0.1, 0.15) is 8.22 Å². The second kappa shape index (κ2) is 12.3. The van der Waals surface area contributed by atoms with Gasteiger partial charge in [0.05, 0.1) is 36.0 Å². The van der Waals surface area contributed by atoms with Crippen LogP contribution in [0.3, 0.4) is 0 Å². The first kappa shape index (κ1) is 26.1. The second-order valence-corrected chi connectivity index (χ2v) is 13.9. The summed E-state index contributed by atoms with van der Waals surface area (Å²) in [5.74, 6) is 1.07. The molecule has 266 valence electrons. The van der Waals surface area contributed by atoms with Crippen LogP contribution < -0.4 is 0 Å². The number of fused-ring (bicyclic) bond motifs is 9. The molecule has 0 N–H and O–H groups in total. The van der Waals surface area contributed by atoms with Gasteiger partial charge in [-0.25, -0.2) is 4.98 Å².